The van der Waals surface area contributed by atoms with Crippen LogP contribution in [0.3, 0.4) is 0 Å². The summed E-state index contributed by atoms with van der Waals surface area (Å²) in [5, 5.41) is 12.5. The number of carbonyl (C=O) groups excluding carboxylic acids is 1. The van der Waals surface area contributed by atoms with E-state index in [-0.39, 0.29) is 5.91 Å². The van der Waals surface area contributed by atoms with Crippen molar-refractivity contribution in [2.24, 2.45) is 5.73 Å². The van der Waals surface area contributed by atoms with Crippen molar-refractivity contribution in [2.45, 2.75) is 63.8 Å². The van der Waals surface area contributed by atoms with Crippen LogP contribution in [0.25, 0.3) is 0 Å². The normalized spacial score (nSPS) is 12.1. The van der Waals surface area contributed by atoms with Crippen LogP contribution in [0.4, 0.5) is 0 Å². The summed E-state index contributed by atoms with van der Waals surface area (Å²) < 4.78 is 0. The van der Waals surface area contributed by atoms with Gasteiger partial charge in [0, 0.05) is 18.3 Å². The van der Waals surface area contributed by atoms with Gasteiger partial charge < -0.3 is 16.2 Å². The number of carboxylic acid groups (broad SMARTS) is 1. The van der Waals surface area contributed by atoms with Crippen LogP contribution in [0.15, 0.2) is 0 Å². The van der Waals surface area contributed by atoms with Crippen molar-refractivity contribution in [3.8, 4) is 0 Å². The summed E-state index contributed by atoms with van der Waals surface area (Å²) in [5.74, 6) is -0.873. The minimum atomic E-state index is -0.964. The smallest absolute Gasteiger partial charge is 0.320 e. The quantitative estimate of drug-likeness (QED) is 0.351. The number of rotatable bonds is 13. The monoisotopic (exact) mass is 350 g/mol. The number of nitrogens with one attached hydrogen (secondary N) is 1. The van der Waals surface area contributed by atoms with Crippen LogP contribution in [0.2, 0.25) is 0 Å². The molecule has 0 aromatic carbocycles. The molecule has 0 bridgehead atoms. The molecule has 0 fully saturated rings. The van der Waals surface area contributed by atoms with Crippen LogP contribution in [0.5, 0.6) is 0 Å². The third kappa shape index (κ3) is 12.4. The molecule has 0 rings (SSSR count). The van der Waals surface area contributed by atoms with E-state index >= 15 is 0 Å². The predicted octanol–water partition coefficient (Wildman–Crippen LogP) is 2.42. The number of unbranched alkanes of at least 4 members (excludes halogenated alkanes) is 5. The third-order valence-corrected chi connectivity index (χ3v) is 3.68. The molecule has 0 spiro atoms. The van der Waals surface area contributed by atoms with Crippen molar-refractivity contribution >= 4 is 27.8 Å². The van der Waals surface area contributed by atoms with Gasteiger partial charge in [-0.15, -0.1) is 0 Å². The fourth-order valence-corrected chi connectivity index (χ4v) is 2.24. The van der Waals surface area contributed by atoms with E-state index in [4.69, 9.17) is 10.8 Å². The van der Waals surface area contributed by atoms with Crippen LogP contribution in [0, 0.1) is 0 Å². The van der Waals surface area contributed by atoms with Crippen molar-refractivity contribution in [2.75, 3.05) is 11.9 Å². The maximum Gasteiger partial charge on any atom is 0.320 e. The maximum atomic E-state index is 11.5. The Morgan fingerprint density at radius 1 is 1.05 bits per heavy atom. The van der Waals surface area contributed by atoms with Crippen LogP contribution >= 0.6 is 15.9 Å². The van der Waals surface area contributed by atoms with E-state index in [9.17, 15) is 9.59 Å². The molecule has 0 saturated heterocycles. The Morgan fingerprint density at radius 3 is 2.35 bits per heavy atom. The van der Waals surface area contributed by atoms with Gasteiger partial charge in [0.2, 0.25) is 5.91 Å². The highest BCUT2D eigenvalue weighted by molar-refractivity contribution is 9.09. The zero-order chi connectivity index (χ0) is 15.2. The van der Waals surface area contributed by atoms with Crippen molar-refractivity contribution < 1.29 is 14.7 Å². The minimum absolute atomic E-state index is 0.0908. The van der Waals surface area contributed by atoms with Gasteiger partial charge in [-0.3, -0.25) is 9.59 Å². The molecular weight excluding hydrogens is 324 g/mol. The van der Waals surface area contributed by atoms with Gasteiger partial charge in [0.25, 0.3) is 0 Å². The third-order valence-electron chi connectivity index (χ3n) is 3.12. The van der Waals surface area contributed by atoms with Gasteiger partial charge in [-0.1, -0.05) is 35.2 Å². The number of carbonyl (C=O) groups is 2. The number of halogens is 1. The molecule has 1 atom stereocenters. The molecule has 20 heavy (non-hydrogen) atoms. The van der Waals surface area contributed by atoms with Crippen LogP contribution in [0.1, 0.15) is 57.8 Å². The second kappa shape index (κ2) is 13.4. The Bertz CT molecular complexity index is 275. The SMILES string of the molecule is N[C@@H](CCCCNC(=O)CCCCCCCBr)C(=O)O. The van der Waals surface area contributed by atoms with Crippen molar-refractivity contribution in [1.29, 1.82) is 0 Å². The first-order valence-corrected chi connectivity index (χ1v) is 8.51. The number of nitrogens with two attached hydrogens (primary N) is 1. The number of hydrogen-bond donors (Lipinski definition) is 3. The summed E-state index contributed by atoms with van der Waals surface area (Å²) in [6, 6.07) is -0.787. The van der Waals surface area contributed by atoms with Gasteiger partial charge in [-0.05, 0) is 32.1 Å². The molecule has 0 aromatic rings. The number of carboxylic acids is 1. The average molecular weight is 351 g/mol. The first kappa shape index (κ1) is 19.4. The maximum absolute atomic E-state index is 11.5. The summed E-state index contributed by atoms with van der Waals surface area (Å²) in [6.45, 7) is 0.606. The summed E-state index contributed by atoms with van der Waals surface area (Å²) in [5.41, 5.74) is 5.38. The molecule has 0 unspecified atom stereocenters. The van der Waals surface area contributed by atoms with E-state index in [0.717, 1.165) is 31.0 Å². The summed E-state index contributed by atoms with van der Waals surface area (Å²) >= 11 is 3.40. The lowest BCUT2D eigenvalue weighted by molar-refractivity contribution is -0.138. The summed E-state index contributed by atoms with van der Waals surface area (Å²) in [6.07, 6.45) is 8.19. The molecule has 0 aliphatic heterocycles. The van der Waals surface area contributed by atoms with Gasteiger partial charge in [-0.2, -0.15) is 0 Å². The Kier molecular flexibility index (Phi) is 13.0. The molecule has 0 radical (unpaired) electrons. The molecule has 4 N–H and O–H groups in total. The Labute approximate surface area is 129 Å². The zero-order valence-electron chi connectivity index (χ0n) is 12.1. The Morgan fingerprint density at radius 2 is 1.70 bits per heavy atom. The fraction of sp³-hybridized carbons (Fsp3) is 0.857. The van der Waals surface area contributed by atoms with E-state index in [1.807, 2.05) is 0 Å². The topological polar surface area (TPSA) is 92.4 Å². The lowest BCUT2D eigenvalue weighted by Gasteiger charge is -2.07. The molecular formula is C14H27BrN2O3. The molecule has 6 heteroatoms. The number of amides is 1. The van der Waals surface area contributed by atoms with Gasteiger partial charge in [0.1, 0.15) is 6.04 Å². The fourth-order valence-electron chi connectivity index (χ4n) is 1.84. The van der Waals surface area contributed by atoms with E-state index in [1.165, 1.54) is 19.3 Å². The minimum Gasteiger partial charge on any atom is -0.480 e. The molecule has 0 aliphatic rings. The highest BCUT2D eigenvalue weighted by Gasteiger charge is 2.10. The molecule has 118 valence electrons. The van der Waals surface area contributed by atoms with E-state index < -0.39 is 12.0 Å². The Hall–Kier alpha value is -0.620. The molecule has 0 aliphatic carbocycles. The standard InChI is InChI=1S/C14H27BrN2O3/c15-10-6-3-1-2-4-9-13(18)17-11-7-5-8-12(16)14(19)20/h12H,1-11,16H2,(H,17,18)(H,19,20)/t12-/m0/s1. The van der Waals surface area contributed by atoms with Gasteiger partial charge in [-0.25, -0.2) is 0 Å². The van der Waals surface area contributed by atoms with E-state index in [0.29, 0.717) is 19.4 Å². The van der Waals surface area contributed by atoms with Crippen LogP contribution in [-0.4, -0.2) is 34.9 Å². The second-order valence-corrected chi connectivity index (χ2v) is 5.79. The van der Waals surface area contributed by atoms with Gasteiger partial charge >= 0.3 is 5.97 Å². The van der Waals surface area contributed by atoms with Crippen LogP contribution in [-0.2, 0) is 9.59 Å². The predicted molar refractivity (Wildman–Crippen MR) is 84.0 cm³/mol. The summed E-state index contributed by atoms with van der Waals surface area (Å²) in [7, 11) is 0. The highest BCUT2D eigenvalue weighted by atomic mass is 79.9. The van der Waals surface area contributed by atoms with Gasteiger partial charge in [0.15, 0.2) is 0 Å². The lowest BCUT2D eigenvalue weighted by atomic mass is 10.1. The second-order valence-electron chi connectivity index (χ2n) is 5.00. The average Bonchev–Trinajstić information content (AvgIpc) is 2.41. The Balaban J connectivity index is 3.30. The van der Waals surface area contributed by atoms with Crippen molar-refractivity contribution in [1.82, 2.24) is 5.32 Å². The summed E-state index contributed by atoms with van der Waals surface area (Å²) in [4.78, 5) is 22.0. The number of alkyl halides is 1. The molecule has 1 amide bonds. The first-order chi connectivity index (χ1) is 9.57. The van der Waals surface area contributed by atoms with Crippen LogP contribution < -0.4 is 11.1 Å². The van der Waals surface area contributed by atoms with Crippen molar-refractivity contribution in [3.05, 3.63) is 0 Å². The molecule has 0 saturated carbocycles. The number of aliphatic carboxylic acids is 1. The zero-order valence-corrected chi connectivity index (χ0v) is 13.7. The largest absolute Gasteiger partial charge is 0.480 e. The van der Waals surface area contributed by atoms with E-state index in [1.54, 1.807) is 0 Å². The number of hydrogen-bond acceptors (Lipinski definition) is 3. The lowest BCUT2D eigenvalue weighted by Crippen LogP contribution is -2.30. The molecule has 0 heterocycles. The molecule has 0 aromatic heterocycles. The van der Waals surface area contributed by atoms with Gasteiger partial charge in [0.05, 0.1) is 0 Å². The first-order valence-electron chi connectivity index (χ1n) is 7.39. The van der Waals surface area contributed by atoms with Crippen molar-refractivity contribution in [3.63, 3.8) is 0 Å². The highest BCUT2D eigenvalue weighted by Crippen LogP contribution is 2.06. The van der Waals surface area contributed by atoms with E-state index in [2.05, 4.69) is 21.2 Å². The molecule has 5 nitrogen and oxygen atoms in total.